The number of pyridine rings is 1. The van der Waals surface area contributed by atoms with Crippen LogP contribution >= 0.6 is 0 Å². The van der Waals surface area contributed by atoms with Gasteiger partial charge in [-0.05, 0) is 37.1 Å². The predicted octanol–water partition coefficient (Wildman–Crippen LogP) is 2.85. The van der Waals surface area contributed by atoms with Crippen molar-refractivity contribution in [2.45, 2.75) is 13.8 Å². The third-order valence-corrected chi connectivity index (χ3v) is 2.55. The summed E-state index contributed by atoms with van der Waals surface area (Å²) in [4.78, 5) is 12.2. The summed E-state index contributed by atoms with van der Waals surface area (Å²) in [7, 11) is 0. The standard InChI is InChI=1S/C14H16N6O/c1-10-3-4-16-13(5-10)17-8-12(20-15)9-21-14-18-6-11(2)7-19-14/h3-8,15H,9H2,1-2H3,(H,16,17)/b12-8-,20-15?. The molecule has 7 heteroatoms. The number of nitrogens with zero attached hydrogens (tertiary/aromatic N) is 4. The van der Waals surface area contributed by atoms with Crippen LogP contribution in [0, 0.1) is 19.4 Å². The Morgan fingerprint density at radius 3 is 2.71 bits per heavy atom. The molecule has 0 radical (unpaired) electrons. The Labute approximate surface area is 122 Å². The van der Waals surface area contributed by atoms with E-state index in [1.807, 2.05) is 26.0 Å². The Kier molecular flexibility index (Phi) is 4.92. The van der Waals surface area contributed by atoms with E-state index in [9.17, 15) is 0 Å². The van der Waals surface area contributed by atoms with Crippen LogP contribution in [0.1, 0.15) is 11.1 Å². The normalized spacial score (nSPS) is 11.0. The fourth-order valence-electron chi connectivity index (χ4n) is 1.47. The first kappa shape index (κ1) is 14.6. The van der Waals surface area contributed by atoms with Gasteiger partial charge < -0.3 is 10.1 Å². The molecule has 0 fully saturated rings. The number of rotatable bonds is 6. The van der Waals surface area contributed by atoms with Crippen LogP contribution in [0.4, 0.5) is 5.82 Å². The number of hydrogen-bond acceptors (Lipinski definition) is 7. The second kappa shape index (κ2) is 7.09. The molecule has 0 bridgehead atoms. The van der Waals surface area contributed by atoms with Gasteiger partial charge in [0.25, 0.3) is 0 Å². The minimum absolute atomic E-state index is 0.103. The van der Waals surface area contributed by atoms with E-state index < -0.39 is 0 Å². The van der Waals surface area contributed by atoms with E-state index in [1.165, 1.54) is 0 Å². The maximum atomic E-state index is 7.14. The lowest BCUT2D eigenvalue weighted by atomic mass is 10.3. The van der Waals surface area contributed by atoms with Crippen LogP contribution in [0.5, 0.6) is 6.01 Å². The zero-order chi connectivity index (χ0) is 15.1. The number of ether oxygens (including phenoxy) is 1. The first-order valence-electron chi connectivity index (χ1n) is 6.34. The lowest BCUT2D eigenvalue weighted by molar-refractivity contribution is 0.320. The number of aryl methyl sites for hydroxylation is 2. The molecule has 2 N–H and O–H groups in total. The quantitative estimate of drug-likeness (QED) is 0.795. The van der Waals surface area contributed by atoms with E-state index in [1.54, 1.807) is 24.8 Å². The maximum absolute atomic E-state index is 7.14. The van der Waals surface area contributed by atoms with Crippen molar-refractivity contribution in [1.29, 1.82) is 5.53 Å². The van der Waals surface area contributed by atoms with Gasteiger partial charge in [-0.1, -0.05) is 0 Å². The van der Waals surface area contributed by atoms with Crippen molar-refractivity contribution in [1.82, 2.24) is 15.0 Å². The minimum Gasteiger partial charge on any atom is -0.457 e. The third kappa shape index (κ3) is 4.64. The van der Waals surface area contributed by atoms with Crippen molar-refractivity contribution in [3.8, 4) is 6.01 Å². The predicted molar refractivity (Wildman–Crippen MR) is 78.1 cm³/mol. The molecule has 0 unspecified atom stereocenters. The first-order chi connectivity index (χ1) is 10.2. The SMILES string of the molecule is Cc1cnc(OC/C(=C/Nc2cc(C)ccn2)N=N)nc1. The van der Waals surface area contributed by atoms with E-state index in [-0.39, 0.29) is 12.6 Å². The van der Waals surface area contributed by atoms with E-state index in [4.69, 9.17) is 10.3 Å². The Morgan fingerprint density at radius 2 is 2.05 bits per heavy atom. The number of aromatic nitrogens is 3. The second-order valence-corrected chi connectivity index (χ2v) is 4.44. The highest BCUT2D eigenvalue weighted by atomic mass is 16.5. The van der Waals surface area contributed by atoms with E-state index in [0.29, 0.717) is 11.5 Å². The molecule has 0 spiro atoms. The summed E-state index contributed by atoms with van der Waals surface area (Å²) in [5, 5.41) is 6.37. The zero-order valence-electron chi connectivity index (χ0n) is 11.9. The van der Waals surface area contributed by atoms with Crippen LogP contribution in [0.15, 0.2) is 47.7 Å². The Bertz CT molecular complexity index is 638. The van der Waals surface area contributed by atoms with Crippen molar-refractivity contribution in [3.05, 3.63) is 53.7 Å². The second-order valence-electron chi connectivity index (χ2n) is 4.44. The number of nitrogens with one attached hydrogen (secondary N) is 2. The Balaban J connectivity index is 1.94. The van der Waals surface area contributed by atoms with Gasteiger partial charge in [0.2, 0.25) is 0 Å². The van der Waals surface area contributed by atoms with Gasteiger partial charge in [0, 0.05) is 24.8 Å². The van der Waals surface area contributed by atoms with Crippen LogP contribution in [0.2, 0.25) is 0 Å². The summed E-state index contributed by atoms with van der Waals surface area (Å²) in [6, 6.07) is 4.05. The largest absolute Gasteiger partial charge is 0.457 e. The van der Waals surface area contributed by atoms with E-state index in [2.05, 4.69) is 25.4 Å². The molecule has 2 aromatic rings. The van der Waals surface area contributed by atoms with E-state index in [0.717, 1.165) is 11.1 Å². The molecule has 0 aliphatic rings. The van der Waals surface area contributed by atoms with Crippen LogP contribution in [-0.4, -0.2) is 21.6 Å². The van der Waals surface area contributed by atoms with Gasteiger partial charge in [0.1, 0.15) is 18.1 Å². The van der Waals surface area contributed by atoms with Crippen molar-refractivity contribution >= 4 is 5.82 Å². The number of hydrogen-bond donors (Lipinski definition) is 2. The van der Waals surface area contributed by atoms with Crippen LogP contribution in [0.3, 0.4) is 0 Å². The van der Waals surface area contributed by atoms with Crippen molar-refractivity contribution in [2.24, 2.45) is 5.11 Å². The molecule has 0 aromatic carbocycles. The van der Waals surface area contributed by atoms with Gasteiger partial charge in [0.05, 0.1) is 0 Å². The fourth-order valence-corrected chi connectivity index (χ4v) is 1.47. The summed E-state index contributed by atoms with van der Waals surface area (Å²) in [6.07, 6.45) is 6.61. The molecule has 108 valence electrons. The zero-order valence-corrected chi connectivity index (χ0v) is 11.9. The van der Waals surface area contributed by atoms with Crippen molar-refractivity contribution < 1.29 is 4.74 Å². The van der Waals surface area contributed by atoms with Gasteiger partial charge in [0.15, 0.2) is 0 Å². The minimum atomic E-state index is 0.103. The summed E-state index contributed by atoms with van der Waals surface area (Å²) in [6.45, 7) is 3.97. The average molecular weight is 284 g/mol. The van der Waals surface area contributed by atoms with Crippen molar-refractivity contribution in [3.63, 3.8) is 0 Å². The maximum Gasteiger partial charge on any atom is 0.316 e. The molecule has 0 saturated carbocycles. The highest BCUT2D eigenvalue weighted by molar-refractivity contribution is 5.40. The molecule has 0 saturated heterocycles. The monoisotopic (exact) mass is 284 g/mol. The molecule has 0 aliphatic heterocycles. The summed E-state index contributed by atoms with van der Waals surface area (Å²) < 4.78 is 5.36. The molecule has 7 nitrogen and oxygen atoms in total. The highest BCUT2D eigenvalue weighted by Crippen LogP contribution is 2.08. The van der Waals surface area contributed by atoms with Gasteiger partial charge in [-0.3, -0.25) is 0 Å². The average Bonchev–Trinajstić information content (AvgIpc) is 2.49. The molecule has 2 heterocycles. The highest BCUT2D eigenvalue weighted by Gasteiger charge is 2.01. The van der Waals surface area contributed by atoms with Gasteiger partial charge >= 0.3 is 6.01 Å². The summed E-state index contributed by atoms with van der Waals surface area (Å²) in [5.74, 6) is 0.683. The topological polar surface area (TPSA) is 96.1 Å². The number of anilines is 1. The molecule has 0 atom stereocenters. The Hall–Kier alpha value is -2.83. The van der Waals surface area contributed by atoms with Gasteiger partial charge in [-0.15, -0.1) is 0 Å². The van der Waals surface area contributed by atoms with Gasteiger partial charge in [-0.25, -0.2) is 20.5 Å². The van der Waals surface area contributed by atoms with Crippen LogP contribution < -0.4 is 10.1 Å². The lowest BCUT2D eigenvalue weighted by Crippen LogP contribution is -2.04. The molecule has 21 heavy (non-hydrogen) atoms. The molecule has 0 aliphatic carbocycles. The molecular formula is C14H16N6O. The lowest BCUT2D eigenvalue weighted by Gasteiger charge is -2.05. The van der Waals surface area contributed by atoms with Crippen LogP contribution in [0.25, 0.3) is 0 Å². The van der Waals surface area contributed by atoms with Crippen molar-refractivity contribution in [2.75, 3.05) is 11.9 Å². The first-order valence-corrected chi connectivity index (χ1v) is 6.34. The molecule has 0 amide bonds. The Morgan fingerprint density at radius 1 is 1.29 bits per heavy atom. The molecule has 2 aromatic heterocycles. The van der Waals surface area contributed by atoms with Crippen LogP contribution in [-0.2, 0) is 0 Å². The van der Waals surface area contributed by atoms with E-state index >= 15 is 0 Å². The molecular weight excluding hydrogens is 268 g/mol. The van der Waals surface area contributed by atoms with Gasteiger partial charge in [-0.2, -0.15) is 5.11 Å². The summed E-state index contributed by atoms with van der Waals surface area (Å²) >= 11 is 0. The smallest absolute Gasteiger partial charge is 0.316 e. The third-order valence-electron chi connectivity index (χ3n) is 2.55. The molecule has 2 rings (SSSR count). The fraction of sp³-hybridized carbons (Fsp3) is 0.214. The summed E-state index contributed by atoms with van der Waals surface area (Å²) in [5.41, 5.74) is 9.59.